The molecule has 0 radical (unpaired) electrons. The highest BCUT2D eigenvalue weighted by atomic mass is 19.1. The molecule has 0 spiro atoms. The monoisotopic (exact) mass is 323 g/mol. The van der Waals surface area contributed by atoms with E-state index >= 15 is 0 Å². The van der Waals surface area contributed by atoms with Crippen LogP contribution < -0.4 is 5.56 Å². The third-order valence-corrected chi connectivity index (χ3v) is 4.26. The molecule has 0 amide bonds. The van der Waals surface area contributed by atoms with Gasteiger partial charge in [-0.1, -0.05) is 18.2 Å². The summed E-state index contributed by atoms with van der Waals surface area (Å²) in [6.07, 6.45) is 1.61. The Labute approximate surface area is 136 Å². The molecular formula is C18H14FN3O2. The van der Waals surface area contributed by atoms with E-state index in [-0.39, 0.29) is 23.7 Å². The van der Waals surface area contributed by atoms with Crippen molar-refractivity contribution in [1.29, 1.82) is 0 Å². The van der Waals surface area contributed by atoms with E-state index in [0.717, 1.165) is 10.9 Å². The predicted octanol–water partition coefficient (Wildman–Crippen LogP) is 2.78. The molecule has 0 atom stereocenters. The Morgan fingerprint density at radius 3 is 2.75 bits per heavy atom. The molecule has 4 rings (SSSR count). The lowest BCUT2D eigenvalue weighted by Crippen LogP contribution is -2.24. The van der Waals surface area contributed by atoms with Crippen molar-refractivity contribution in [1.82, 2.24) is 14.3 Å². The summed E-state index contributed by atoms with van der Waals surface area (Å²) in [7, 11) is 1.76. The van der Waals surface area contributed by atoms with Crippen molar-refractivity contribution in [3.05, 3.63) is 70.4 Å². The zero-order chi connectivity index (χ0) is 16.8. The molecule has 0 unspecified atom stereocenters. The second-order valence-corrected chi connectivity index (χ2v) is 5.72. The minimum Gasteiger partial charge on any atom is -0.508 e. The number of halogens is 1. The fraction of sp³-hybridized carbons (Fsp3) is 0.111. The molecule has 120 valence electrons. The molecule has 0 saturated carbocycles. The largest absolute Gasteiger partial charge is 0.508 e. The fourth-order valence-electron chi connectivity index (χ4n) is 3.05. The van der Waals surface area contributed by atoms with Gasteiger partial charge in [-0.15, -0.1) is 0 Å². The zero-order valence-corrected chi connectivity index (χ0v) is 12.9. The molecule has 5 nitrogen and oxygen atoms in total. The van der Waals surface area contributed by atoms with E-state index in [2.05, 4.69) is 5.10 Å². The first-order chi connectivity index (χ1) is 11.6. The topological polar surface area (TPSA) is 60.0 Å². The van der Waals surface area contributed by atoms with Crippen molar-refractivity contribution in [2.75, 3.05) is 0 Å². The molecule has 0 aliphatic carbocycles. The number of benzene rings is 2. The first kappa shape index (κ1) is 14.4. The average molecular weight is 323 g/mol. The van der Waals surface area contributed by atoms with Gasteiger partial charge in [0.15, 0.2) is 0 Å². The molecule has 4 aromatic rings. The molecule has 1 N–H and O–H groups in total. The Kier molecular flexibility index (Phi) is 3.13. The van der Waals surface area contributed by atoms with E-state index < -0.39 is 0 Å². The summed E-state index contributed by atoms with van der Waals surface area (Å²) in [5.74, 6) is -0.235. The van der Waals surface area contributed by atoms with Gasteiger partial charge in [0.1, 0.15) is 17.1 Å². The number of hydrogen-bond acceptors (Lipinski definition) is 3. The van der Waals surface area contributed by atoms with Crippen molar-refractivity contribution < 1.29 is 9.50 Å². The van der Waals surface area contributed by atoms with Gasteiger partial charge in [-0.3, -0.25) is 4.79 Å². The molecule has 2 aromatic carbocycles. The Balaban J connectivity index is 1.95. The highest BCUT2D eigenvalue weighted by Crippen LogP contribution is 2.28. The van der Waals surface area contributed by atoms with Crippen molar-refractivity contribution in [2.24, 2.45) is 7.05 Å². The lowest BCUT2D eigenvalue weighted by molar-refractivity contribution is 0.476. The molecule has 2 heterocycles. The van der Waals surface area contributed by atoms with Gasteiger partial charge in [-0.2, -0.15) is 5.10 Å². The van der Waals surface area contributed by atoms with Gasteiger partial charge in [0.05, 0.1) is 18.3 Å². The number of nitrogens with zero attached hydrogens (tertiary/aromatic N) is 3. The molecule has 0 aliphatic heterocycles. The first-order valence-electron chi connectivity index (χ1n) is 7.47. The van der Waals surface area contributed by atoms with Gasteiger partial charge in [-0.05, 0) is 18.2 Å². The second kappa shape index (κ2) is 5.19. The van der Waals surface area contributed by atoms with E-state index in [4.69, 9.17) is 0 Å². The zero-order valence-electron chi connectivity index (χ0n) is 12.9. The van der Waals surface area contributed by atoms with Crippen molar-refractivity contribution in [3.63, 3.8) is 0 Å². The maximum atomic E-state index is 13.8. The Morgan fingerprint density at radius 2 is 1.96 bits per heavy atom. The smallest absolute Gasteiger partial charge is 0.291 e. The van der Waals surface area contributed by atoms with Gasteiger partial charge in [-0.25, -0.2) is 9.07 Å². The van der Waals surface area contributed by atoms with Crippen molar-refractivity contribution >= 4 is 21.8 Å². The third kappa shape index (κ3) is 2.07. The van der Waals surface area contributed by atoms with Crippen LogP contribution in [0.25, 0.3) is 21.8 Å². The van der Waals surface area contributed by atoms with Crippen LogP contribution in [0.15, 0.2) is 53.5 Å². The second-order valence-electron chi connectivity index (χ2n) is 5.72. The van der Waals surface area contributed by atoms with E-state index in [1.54, 1.807) is 54.2 Å². The van der Waals surface area contributed by atoms with Crippen LogP contribution in [0.3, 0.4) is 0 Å². The van der Waals surface area contributed by atoms with Crippen LogP contribution in [0.5, 0.6) is 5.75 Å². The van der Waals surface area contributed by atoms with Gasteiger partial charge >= 0.3 is 0 Å². The number of phenolic OH excluding ortho intramolecular Hbond substituents is 1. The van der Waals surface area contributed by atoms with E-state index in [1.807, 2.05) is 0 Å². The van der Waals surface area contributed by atoms with Crippen LogP contribution in [0, 0.1) is 5.82 Å². The summed E-state index contributed by atoms with van der Waals surface area (Å²) in [5.41, 5.74) is 1.33. The average Bonchev–Trinajstić information content (AvgIpc) is 2.85. The van der Waals surface area contributed by atoms with Gasteiger partial charge in [0, 0.05) is 29.4 Å². The van der Waals surface area contributed by atoms with Crippen LogP contribution >= 0.6 is 0 Å². The quantitative estimate of drug-likeness (QED) is 0.617. The standard InChI is InChI=1S/C18H14FN3O2/c1-21-16-8-12(23)6-7-13(16)14-9-20-22(18(24)17(14)21)10-11-4-2-3-5-15(11)19/h2-9,23H,10H2,1H3. The molecular weight excluding hydrogens is 309 g/mol. The van der Waals surface area contributed by atoms with Crippen LogP contribution in [-0.4, -0.2) is 19.5 Å². The summed E-state index contributed by atoms with van der Waals surface area (Å²) in [4.78, 5) is 12.8. The maximum Gasteiger partial charge on any atom is 0.291 e. The number of fused-ring (bicyclic) bond motifs is 3. The molecule has 0 bridgehead atoms. The Bertz CT molecular complexity index is 1140. The fourth-order valence-corrected chi connectivity index (χ4v) is 3.05. The molecule has 2 aromatic heterocycles. The van der Waals surface area contributed by atoms with Gasteiger partial charge in [0.2, 0.25) is 0 Å². The summed E-state index contributed by atoms with van der Waals surface area (Å²) in [5, 5.41) is 15.4. The van der Waals surface area contributed by atoms with E-state index in [9.17, 15) is 14.3 Å². The first-order valence-corrected chi connectivity index (χ1v) is 7.47. The predicted molar refractivity (Wildman–Crippen MR) is 89.6 cm³/mol. The Hall–Kier alpha value is -3.15. The van der Waals surface area contributed by atoms with Crippen LogP contribution in [0.1, 0.15) is 5.56 Å². The summed E-state index contributed by atoms with van der Waals surface area (Å²) >= 11 is 0. The third-order valence-electron chi connectivity index (χ3n) is 4.26. The normalized spacial score (nSPS) is 11.4. The van der Waals surface area contributed by atoms with Gasteiger partial charge < -0.3 is 9.67 Å². The molecule has 24 heavy (non-hydrogen) atoms. The van der Waals surface area contributed by atoms with Gasteiger partial charge in [0.25, 0.3) is 5.56 Å². The number of aromatic hydroxyl groups is 1. The number of rotatable bonds is 2. The summed E-state index contributed by atoms with van der Waals surface area (Å²) in [6, 6.07) is 11.3. The number of hydrogen-bond donors (Lipinski definition) is 1. The minimum absolute atomic E-state index is 0.0637. The SMILES string of the molecule is Cn1c2cc(O)ccc2c2cnn(Cc3ccccc3F)c(=O)c21. The van der Waals surface area contributed by atoms with E-state index in [1.165, 1.54) is 10.7 Å². The van der Waals surface area contributed by atoms with Crippen LogP contribution in [0.4, 0.5) is 4.39 Å². The Morgan fingerprint density at radius 1 is 1.17 bits per heavy atom. The molecule has 0 saturated heterocycles. The van der Waals surface area contributed by atoms with Crippen molar-refractivity contribution in [2.45, 2.75) is 6.54 Å². The summed E-state index contributed by atoms with van der Waals surface area (Å²) in [6.45, 7) is 0.0637. The highest BCUT2D eigenvalue weighted by Gasteiger charge is 2.15. The summed E-state index contributed by atoms with van der Waals surface area (Å²) < 4.78 is 16.8. The molecule has 0 aliphatic rings. The lowest BCUT2D eigenvalue weighted by Gasteiger charge is -2.06. The number of aryl methyl sites for hydroxylation is 1. The van der Waals surface area contributed by atoms with Crippen molar-refractivity contribution in [3.8, 4) is 5.75 Å². The molecule has 6 heteroatoms. The highest BCUT2D eigenvalue weighted by molar-refractivity contribution is 6.07. The van der Waals surface area contributed by atoms with Crippen LogP contribution in [-0.2, 0) is 13.6 Å². The number of aromatic nitrogens is 3. The lowest BCUT2D eigenvalue weighted by atomic mass is 10.2. The molecule has 0 fully saturated rings. The number of phenols is 1. The maximum absolute atomic E-state index is 13.8. The minimum atomic E-state index is -0.367. The van der Waals surface area contributed by atoms with E-state index in [0.29, 0.717) is 16.5 Å². The van der Waals surface area contributed by atoms with Crippen LogP contribution in [0.2, 0.25) is 0 Å².